The van der Waals surface area contributed by atoms with Crippen molar-refractivity contribution in [3.05, 3.63) is 75.6 Å². The third-order valence-electron chi connectivity index (χ3n) is 4.69. The predicted octanol–water partition coefficient (Wildman–Crippen LogP) is 4.66. The van der Waals surface area contributed by atoms with Gasteiger partial charge in [-0.2, -0.15) is 5.10 Å². The third-order valence-corrected chi connectivity index (χ3v) is 5.41. The van der Waals surface area contributed by atoms with Crippen LogP contribution in [-0.4, -0.2) is 20.7 Å². The van der Waals surface area contributed by atoms with Crippen molar-refractivity contribution in [1.29, 1.82) is 0 Å². The van der Waals surface area contributed by atoms with Gasteiger partial charge in [0, 0.05) is 27.8 Å². The molecule has 27 heavy (non-hydrogen) atoms. The molecule has 0 aliphatic heterocycles. The largest absolute Gasteiger partial charge is 0.361 e. The molecular formula is C21H19IN4O. The highest BCUT2D eigenvalue weighted by Gasteiger charge is 2.18. The summed E-state index contributed by atoms with van der Waals surface area (Å²) in [4.78, 5) is 16.0. The molecule has 2 heterocycles. The fourth-order valence-corrected chi connectivity index (χ4v) is 3.57. The molecule has 2 aromatic carbocycles. The molecule has 1 atom stereocenters. The molecule has 0 spiro atoms. The van der Waals surface area contributed by atoms with E-state index in [9.17, 15) is 4.79 Å². The van der Waals surface area contributed by atoms with Crippen LogP contribution in [0, 0.1) is 3.57 Å². The van der Waals surface area contributed by atoms with Gasteiger partial charge >= 0.3 is 0 Å². The number of H-pyrrole nitrogens is 1. The van der Waals surface area contributed by atoms with Gasteiger partial charge in [-0.25, -0.2) is 0 Å². The maximum Gasteiger partial charge on any atom is 0.270 e. The Morgan fingerprint density at radius 2 is 1.96 bits per heavy atom. The number of carbonyl (C=O) groups excluding carboxylic acids is 1. The van der Waals surface area contributed by atoms with Crippen LogP contribution in [0.15, 0.2) is 60.8 Å². The molecule has 0 saturated heterocycles. The van der Waals surface area contributed by atoms with E-state index in [1.54, 1.807) is 11.7 Å². The van der Waals surface area contributed by atoms with Gasteiger partial charge in [0.1, 0.15) is 5.69 Å². The van der Waals surface area contributed by atoms with Crippen LogP contribution in [0.25, 0.3) is 22.2 Å². The first-order valence-electron chi connectivity index (χ1n) is 8.70. The Kier molecular flexibility index (Phi) is 4.73. The molecule has 0 aliphatic rings. The smallest absolute Gasteiger partial charge is 0.270 e. The second-order valence-corrected chi connectivity index (χ2v) is 7.78. The van der Waals surface area contributed by atoms with E-state index in [1.807, 2.05) is 61.7 Å². The normalized spacial score (nSPS) is 12.3. The van der Waals surface area contributed by atoms with Crippen molar-refractivity contribution >= 4 is 39.4 Å². The molecule has 136 valence electrons. The topological polar surface area (TPSA) is 62.7 Å². The molecule has 0 unspecified atom stereocenters. The predicted molar refractivity (Wildman–Crippen MR) is 116 cm³/mol. The summed E-state index contributed by atoms with van der Waals surface area (Å²) in [6, 6.07) is 18.0. The molecule has 4 rings (SSSR count). The number of aromatic nitrogens is 3. The number of benzene rings is 2. The number of hydrogen-bond donors (Lipinski definition) is 2. The highest BCUT2D eigenvalue weighted by molar-refractivity contribution is 14.1. The molecule has 1 amide bonds. The van der Waals surface area contributed by atoms with Gasteiger partial charge in [-0.3, -0.25) is 9.48 Å². The van der Waals surface area contributed by atoms with E-state index >= 15 is 0 Å². The molecule has 4 aromatic rings. The van der Waals surface area contributed by atoms with Crippen LogP contribution in [0.3, 0.4) is 0 Å². The molecule has 0 saturated carbocycles. The zero-order valence-corrected chi connectivity index (χ0v) is 17.2. The summed E-state index contributed by atoms with van der Waals surface area (Å²) in [6.07, 6.45) is 1.91. The number of halogens is 1. The van der Waals surface area contributed by atoms with Gasteiger partial charge in [0.2, 0.25) is 0 Å². The summed E-state index contributed by atoms with van der Waals surface area (Å²) in [7, 11) is 1.79. The lowest BCUT2D eigenvalue weighted by Gasteiger charge is -2.14. The van der Waals surface area contributed by atoms with Gasteiger partial charge in [-0.15, -0.1) is 0 Å². The minimum atomic E-state index is -0.138. The number of fused-ring (bicyclic) bond motifs is 1. The lowest BCUT2D eigenvalue weighted by Crippen LogP contribution is -2.28. The van der Waals surface area contributed by atoms with E-state index in [0.29, 0.717) is 5.69 Å². The quantitative estimate of drug-likeness (QED) is 0.426. The fraction of sp³-hybridized carbons (Fsp3) is 0.143. The van der Waals surface area contributed by atoms with Crippen LogP contribution in [0.1, 0.15) is 29.0 Å². The number of para-hydroxylation sites is 1. The summed E-state index contributed by atoms with van der Waals surface area (Å²) in [5, 5.41) is 8.74. The van der Waals surface area contributed by atoms with Crippen LogP contribution in [0.4, 0.5) is 0 Å². The Morgan fingerprint density at radius 3 is 2.74 bits per heavy atom. The molecule has 0 bridgehead atoms. The summed E-state index contributed by atoms with van der Waals surface area (Å²) in [5.74, 6) is -0.138. The number of amides is 1. The zero-order chi connectivity index (χ0) is 19.0. The van der Waals surface area contributed by atoms with E-state index in [1.165, 1.54) is 3.57 Å². The Labute approximate surface area is 170 Å². The summed E-state index contributed by atoms with van der Waals surface area (Å²) >= 11 is 2.27. The molecule has 0 radical (unpaired) electrons. The number of rotatable bonds is 4. The second kappa shape index (κ2) is 7.19. The average Bonchev–Trinajstić information content (AvgIpc) is 3.28. The Hall–Kier alpha value is -2.61. The zero-order valence-electron chi connectivity index (χ0n) is 15.0. The van der Waals surface area contributed by atoms with E-state index in [-0.39, 0.29) is 11.9 Å². The molecule has 2 aromatic heterocycles. The van der Waals surface area contributed by atoms with E-state index in [0.717, 1.165) is 27.7 Å². The average molecular weight is 470 g/mol. The highest BCUT2D eigenvalue weighted by atomic mass is 127. The van der Waals surface area contributed by atoms with Crippen molar-refractivity contribution in [2.45, 2.75) is 13.0 Å². The fourth-order valence-electron chi connectivity index (χ4n) is 3.22. The van der Waals surface area contributed by atoms with Crippen molar-refractivity contribution in [2.75, 3.05) is 0 Å². The van der Waals surface area contributed by atoms with Crippen molar-refractivity contribution in [1.82, 2.24) is 20.1 Å². The Morgan fingerprint density at radius 1 is 1.19 bits per heavy atom. The molecule has 0 fully saturated rings. The van der Waals surface area contributed by atoms with Gasteiger partial charge in [-0.1, -0.05) is 30.3 Å². The van der Waals surface area contributed by atoms with Crippen molar-refractivity contribution in [2.24, 2.45) is 7.05 Å². The molecule has 5 nitrogen and oxygen atoms in total. The van der Waals surface area contributed by atoms with E-state index in [4.69, 9.17) is 0 Å². The summed E-state index contributed by atoms with van der Waals surface area (Å²) < 4.78 is 2.80. The van der Waals surface area contributed by atoms with Crippen LogP contribution >= 0.6 is 22.6 Å². The third kappa shape index (κ3) is 3.49. The first-order chi connectivity index (χ1) is 13.0. The summed E-state index contributed by atoms with van der Waals surface area (Å²) in [5.41, 5.74) is 4.39. The van der Waals surface area contributed by atoms with Crippen molar-refractivity contribution in [3.8, 4) is 11.3 Å². The Balaban J connectivity index is 1.60. The van der Waals surface area contributed by atoms with Crippen molar-refractivity contribution in [3.63, 3.8) is 0 Å². The van der Waals surface area contributed by atoms with E-state index < -0.39 is 0 Å². The highest BCUT2D eigenvalue weighted by Crippen LogP contribution is 2.27. The number of aryl methyl sites for hydroxylation is 1. The first kappa shape index (κ1) is 17.8. The summed E-state index contributed by atoms with van der Waals surface area (Å²) in [6.45, 7) is 1.98. The van der Waals surface area contributed by atoms with Crippen LogP contribution in [0.5, 0.6) is 0 Å². The number of nitrogens with one attached hydrogen (secondary N) is 2. The maximum atomic E-state index is 12.8. The van der Waals surface area contributed by atoms with Gasteiger partial charge in [0.15, 0.2) is 0 Å². The van der Waals surface area contributed by atoms with Crippen LogP contribution in [-0.2, 0) is 7.05 Å². The number of nitrogens with zero attached hydrogens (tertiary/aromatic N) is 2. The van der Waals surface area contributed by atoms with Crippen LogP contribution in [0.2, 0.25) is 0 Å². The monoisotopic (exact) mass is 470 g/mol. The van der Waals surface area contributed by atoms with Gasteiger partial charge in [0.25, 0.3) is 5.91 Å². The minimum Gasteiger partial charge on any atom is -0.361 e. The standard InChI is InChI=1S/C21H19IN4O/c1-13(14-6-8-16(22)9-7-14)24-21(27)19-12-18(25-26(19)2)17-5-3-4-15-10-11-23-20(15)17/h3-13,23H,1-2H3,(H,24,27)/t13-/m1/s1. The van der Waals surface area contributed by atoms with E-state index in [2.05, 4.69) is 44.1 Å². The SMILES string of the molecule is C[C@@H](NC(=O)c1cc(-c2cccc3cc[nH]c23)nn1C)c1ccc(I)cc1. The van der Waals surface area contributed by atoms with Crippen LogP contribution < -0.4 is 5.32 Å². The lowest BCUT2D eigenvalue weighted by atomic mass is 10.1. The number of carbonyl (C=O) groups is 1. The minimum absolute atomic E-state index is 0.0836. The van der Waals surface area contributed by atoms with Gasteiger partial charge < -0.3 is 10.3 Å². The molecule has 0 aliphatic carbocycles. The molecule has 6 heteroatoms. The van der Waals surface area contributed by atoms with Crippen molar-refractivity contribution < 1.29 is 4.79 Å². The first-order valence-corrected chi connectivity index (χ1v) is 9.77. The van der Waals surface area contributed by atoms with Gasteiger partial charge in [-0.05, 0) is 59.3 Å². The second-order valence-electron chi connectivity index (χ2n) is 6.53. The number of aromatic amines is 1. The maximum absolute atomic E-state index is 12.8. The number of hydrogen-bond acceptors (Lipinski definition) is 2. The molecular weight excluding hydrogens is 451 g/mol. The van der Waals surface area contributed by atoms with Gasteiger partial charge in [0.05, 0.1) is 17.3 Å². The molecule has 2 N–H and O–H groups in total. The Bertz CT molecular complexity index is 1110. The lowest BCUT2D eigenvalue weighted by molar-refractivity contribution is 0.0930.